The minimum atomic E-state index is -0.123. The van der Waals surface area contributed by atoms with Crippen molar-refractivity contribution in [3.63, 3.8) is 0 Å². The zero-order valence-corrected chi connectivity index (χ0v) is 12.9. The number of aliphatic hydroxyl groups excluding tert-OH is 1. The summed E-state index contributed by atoms with van der Waals surface area (Å²) < 4.78 is 0. The zero-order chi connectivity index (χ0) is 15.5. The Morgan fingerprint density at radius 3 is 2.68 bits per heavy atom. The SMILES string of the molecule is Nc1nc(NCCN2CCC(O)CC2)cc(C2CC(N)C2)n1. The summed E-state index contributed by atoms with van der Waals surface area (Å²) in [6, 6.07) is 2.29. The number of likely N-dealkylation sites (tertiary alicyclic amines) is 1. The molecule has 0 atom stereocenters. The van der Waals surface area contributed by atoms with E-state index in [1.165, 1.54) is 0 Å². The standard InChI is InChI=1S/C15H26N6O/c16-11-7-10(8-11)13-9-14(20-15(17)19-13)18-3-6-21-4-1-12(22)2-5-21/h9-12,22H,1-8,16H2,(H3,17,18,19,20). The number of rotatable bonds is 5. The van der Waals surface area contributed by atoms with E-state index < -0.39 is 0 Å². The van der Waals surface area contributed by atoms with Crippen LogP contribution in [0, 0.1) is 0 Å². The molecule has 0 spiro atoms. The molecule has 1 saturated heterocycles. The fourth-order valence-electron chi connectivity index (χ4n) is 3.17. The number of aliphatic hydroxyl groups is 1. The molecule has 122 valence electrons. The lowest BCUT2D eigenvalue weighted by Crippen LogP contribution is -2.38. The van der Waals surface area contributed by atoms with E-state index in [9.17, 15) is 5.11 Å². The van der Waals surface area contributed by atoms with E-state index in [-0.39, 0.29) is 6.10 Å². The van der Waals surface area contributed by atoms with Gasteiger partial charge in [0.25, 0.3) is 0 Å². The van der Waals surface area contributed by atoms with E-state index >= 15 is 0 Å². The fourth-order valence-corrected chi connectivity index (χ4v) is 3.17. The molecule has 1 aromatic rings. The number of nitrogens with two attached hydrogens (primary N) is 2. The highest BCUT2D eigenvalue weighted by atomic mass is 16.3. The van der Waals surface area contributed by atoms with Gasteiger partial charge in [0.2, 0.25) is 5.95 Å². The Balaban J connectivity index is 1.49. The number of aromatic nitrogens is 2. The first-order valence-electron chi connectivity index (χ1n) is 8.14. The fraction of sp³-hybridized carbons (Fsp3) is 0.733. The Hall–Kier alpha value is -1.44. The van der Waals surface area contributed by atoms with Gasteiger partial charge in [0, 0.05) is 44.2 Å². The molecule has 2 heterocycles. The van der Waals surface area contributed by atoms with Crippen LogP contribution in [0.3, 0.4) is 0 Å². The molecule has 0 radical (unpaired) electrons. The van der Waals surface area contributed by atoms with Gasteiger partial charge in [-0.25, -0.2) is 4.98 Å². The van der Waals surface area contributed by atoms with Gasteiger partial charge in [0.1, 0.15) is 5.82 Å². The zero-order valence-electron chi connectivity index (χ0n) is 12.9. The maximum Gasteiger partial charge on any atom is 0.222 e. The van der Waals surface area contributed by atoms with Gasteiger partial charge in [-0.05, 0) is 25.7 Å². The minimum Gasteiger partial charge on any atom is -0.393 e. The highest BCUT2D eigenvalue weighted by Gasteiger charge is 2.29. The summed E-state index contributed by atoms with van der Waals surface area (Å²) in [4.78, 5) is 10.9. The molecule has 3 rings (SSSR count). The molecule has 2 aliphatic rings. The van der Waals surface area contributed by atoms with Gasteiger partial charge in [0.15, 0.2) is 0 Å². The van der Waals surface area contributed by atoms with Crippen molar-refractivity contribution < 1.29 is 5.11 Å². The van der Waals surface area contributed by atoms with Gasteiger partial charge in [-0.2, -0.15) is 4.98 Å². The van der Waals surface area contributed by atoms with Crippen LogP contribution >= 0.6 is 0 Å². The van der Waals surface area contributed by atoms with Crippen molar-refractivity contribution in [1.82, 2.24) is 14.9 Å². The Kier molecular flexibility index (Phi) is 4.75. The van der Waals surface area contributed by atoms with Crippen LogP contribution in [-0.4, -0.2) is 58.3 Å². The Morgan fingerprint density at radius 1 is 1.27 bits per heavy atom. The van der Waals surface area contributed by atoms with Gasteiger partial charge in [0.05, 0.1) is 11.8 Å². The minimum absolute atomic E-state index is 0.123. The summed E-state index contributed by atoms with van der Waals surface area (Å²) in [5.74, 6) is 1.53. The smallest absolute Gasteiger partial charge is 0.222 e. The monoisotopic (exact) mass is 306 g/mol. The molecule has 0 amide bonds. The number of piperidine rings is 1. The Morgan fingerprint density at radius 2 is 2.00 bits per heavy atom. The first-order chi connectivity index (χ1) is 10.6. The molecule has 6 N–H and O–H groups in total. The number of nitrogen functional groups attached to an aromatic ring is 1. The van der Waals surface area contributed by atoms with Gasteiger partial charge in [-0.1, -0.05) is 0 Å². The van der Waals surface area contributed by atoms with Gasteiger partial charge in [-0.3, -0.25) is 0 Å². The normalized spacial score (nSPS) is 26.6. The molecule has 1 aliphatic carbocycles. The number of hydrogen-bond donors (Lipinski definition) is 4. The second-order valence-electron chi connectivity index (χ2n) is 6.46. The van der Waals surface area contributed by atoms with Crippen molar-refractivity contribution in [2.24, 2.45) is 5.73 Å². The van der Waals surface area contributed by atoms with Crippen LogP contribution in [0.5, 0.6) is 0 Å². The lowest BCUT2D eigenvalue weighted by atomic mass is 9.78. The van der Waals surface area contributed by atoms with Crippen molar-refractivity contribution in [1.29, 1.82) is 0 Å². The maximum absolute atomic E-state index is 9.51. The average molecular weight is 306 g/mol. The number of anilines is 2. The summed E-state index contributed by atoms with van der Waals surface area (Å²) >= 11 is 0. The van der Waals surface area contributed by atoms with Crippen molar-refractivity contribution in [3.05, 3.63) is 11.8 Å². The van der Waals surface area contributed by atoms with E-state index in [1.54, 1.807) is 0 Å². The van der Waals surface area contributed by atoms with Crippen LogP contribution in [-0.2, 0) is 0 Å². The predicted octanol–water partition coefficient (Wildman–Crippen LogP) is 0.132. The first kappa shape index (κ1) is 15.5. The van der Waals surface area contributed by atoms with Crippen LogP contribution in [0.15, 0.2) is 6.07 Å². The molecule has 22 heavy (non-hydrogen) atoms. The third kappa shape index (κ3) is 3.85. The third-order valence-electron chi connectivity index (χ3n) is 4.65. The van der Waals surface area contributed by atoms with Crippen LogP contribution in [0.4, 0.5) is 11.8 Å². The van der Waals surface area contributed by atoms with E-state index in [1.807, 2.05) is 6.07 Å². The van der Waals surface area contributed by atoms with E-state index in [0.29, 0.717) is 17.9 Å². The molecule has 0 aromatic carbocycles. The summed E-state index contributed by atoms with van der Waals surface area (Å²) in [5, 5.41) is 12.8. The topological polar surface area (TPSA) is 113 Å². The molecule has 1 aliphatic heterocycles. The number of hydrogen-bond acceptors (Lipinski definition) is 7. The molecule has 2 fully saturated rings. The molecule has 7 nitrogen and oxygen atoms in total. The molecular weight excluding hydrogens is 280 g/mol. The van der Waals surface area contributed by atoms with Crippen molar-refractivity contribution >= 4 is 11.8 Å². The van der Waals surface area contributed by atoms with Crippen molar-refractivity contribution in [3.8, 4) is 0 Å². The second-order valence-corrected chi connectivity index (χ2v) is 6.46. The number of nitrogens with zero attached hydrogens (tertiary/aromatic N) is 3. The van der Waals surface area contributed by atoms with Crippen LogP contribution in [0.1, 0.15) is 37.3 Å². The van der Waals surface area contributed by atoms with Crippen molar-refractivity contribution in [2.75, 3.05) is 37.2 Å². The van der Waals surface area contributed by atoms with Gasteiger partial charge < -0.3 is 26.8 Å². The van der Waals surface area contributed by atoms with Crippen molar-refractivity contribution in [2.45, 2.75) is 43.7 Å². The number of nitrogens with one attached hydrogen (secondary N) is 1. The van der Waals surface area contributed by atoms with Gasteiger partial charge in [-0.15, -0.1) is 0 Å². The molecular formula is C15H26N6O. The Labute approximate surface area is 131 Å². The maximum atomic E-state index is 9.51. The summed E-state index contributed by atoms with van der Waals surface area (Å²) in [5.41, 5.74) is 12.6. The van der Waals surface area contributed by atoms with E-state index in [0.717, 1.165) is 63.4 Å². The molecule has 1 saturated carbocycles. The summed E-state index contributed by atoms with van der Waals surface area (Å²) in [6.07, 6.45) is 3.57. The highest BCUT2D eigenvalue weighted by molar-refractivity contribution is 5.42. The Bertz CT molecular complexity index is 497. The van der Waals surface area contributed by atoms with Crippen LogP contribution < -0.4 is 16.8 Å². The molecule has 0 unspecified atom stereocenters. The van der Waals surface area contributed by atoms with Gasteiger partial charge >= 0.3 is 0 Å². The second kappa shape index (κ2) is 6.76. The first-order valence-corrected chi connectivity index (χ1v) is 8.14. The predicted molar refractivity (Wildman–Crippen MR) is 86.6 cm³/mol. The summed E-state index contributed by atoms with van der Waals surface area (Å²) in [7, 11) is 0. The van der Waals surface area contributed by atoms with Crippen LogP contribution in [0.25, 0.3) is 0 Å². The van der Waals surface area contributed by atoms with E-state index in [4.69, 9.17) is 11.5 Å². The van der Waals surface area contributed by atoms with E-state index in [2.05, 4.69) is 20.2 Å². The lowest BCUT2D eigenvalue weighted by molar-refractivity contribution is 0.0845. The average Bonchev–Trinajstić information content (AvgIpc) is 2.45. The quantitative estimate of drug-likeness (QED) is 0.611. The largest absolute Gasteiger partial charge is 0.393 e. The summed E-state index contributed by atoms with van der Waals surface area (Å²) in [6.45, 7) is 3.68. The third-order valence-corrected chi connectivity index (χ3v) is 4.65. The highest BCUT2D eigenvalue weighted by Crippen LogP contribution is 2.35. The molecule has 0 bridgehead atoms. The lowest BCUT2D eigenvalue weighted by Gasteiger charge is -2.32. The van der Waals surface area contributed by atoms with Crippen LogP contribution in [0.2, 0.25) is 0 Å². The molecule has 7 heteroatoms. The molecule has 1 aromatic heterocycles.